The van der Waals surface area contributed by atoms with Crippen molar-refractivity contribution in [1.82, 2.24) is 10.3 Å². The van der Waals surface area contributed by atoms with E-state index in [1.807, 2.05) is 29.6 Å². The lowest BCUT2D eigenvalue weighted by molar-refractivity contribution is -0.114. The highest BCUT2D eigenvalue weighted by Crippen LogP contribution is 2.32. The third-order valence-electron chi connectivity index (χ3n) is 6.63. The average molecular weight is 730 g/mol. The van der Waals surface area contributed by atoms with Gasteiger partial charge in [0.2, 0.25) is 5.91 Å². The van der Waals surface area contributed by atoms with Crippen molar-refractivity contribution in [3.63, 3.8) is 0 Å². The Morgan fingerprint density at radius 1 is 0.872 bits per heavy atom. The number of methoxy groups -OCH3 is 2. The molecule has 3 amide bonds. The summed E-state index contributed by atoms with van der Waals surface area (Å²) < 4.78 is 11.9. The minimum atomic E-state index is -0.537. The van der Waals surface area contributed by atoms with Gasteiger partial charge in [-0.25, -0.2) is 4.98 Å². The molecule has 1 aromatic heterocycles. The van der Waals surface area contributed by atoms with Crippen molar-refractivity contribution in [1.29, 1.82) is 0 Å². The number of thioether (sulfide) groups is 1. The molecule has 0 radical (unpaired) electrons. The van der Waals surface area contributed by atoms with E-state index in [1.54, 1.807) is 72.8 Å². The van der Waals surface area contributed by atoms with Crippen molar-refractivity contribution in [3.05, 3.63) is 124 Å². The largest absolute Gasteiger partial charge is 0.493 e. The number of nitrogens with one attached hydrogen (secondary N) is 3. The topological polar surface area (TPSA) is 119 Å². The second-order valence-electron chi connectivity index (χ2n) is 9.82. The summed E-state index contributed by atoms with van der Waals surface area (Å²) in [7, 11) is 3.02. The van der Waals surface area contributed by atoms with Crippen molar-refractivity contribution in [3.8, 4) is 22.8 Å². The summed E-state index contributed by atoms with van der Waals surface area (Å²) in [5.41, 5.74) is 3.21. The Kier molecular flexibility index (Phi) is 11.4. The number of benzene rings is 4. The Morgan fingerprint density at radius 2 is 1.62 bits per heavy atom. The molecule has 0 aliphatic heterocycles. The number of aromatic nitrogens is 1. The molecule has 12 heteroatoms. The van der Waals surface area contributed by atoms with Gasteiger partial charge in [0.15, 0.2) is 16.6 Å². The van der Waals surface area contributed by atoms with Crippen molar-refractivity contribution >= 4 is 73.6 Å². The Labute approximate surface area is 288 Å². The number of carbonyl (C=O) groups is 3. The number of para-hydroxylation sites is 1. The Hall–Kier alpha value is -4.91. The maximum Gasteiger partial charge on any atom is 0.272 e. The number of hydrogen-bond acceptors (Lipinski definition) is 8. The SMILES string of the molecule is COc1cccc(/C=C(\NC(=O)c2ccccc2)C(=O)Nc2ccc(SCC(=O)Nc3nc(-c4ccc(Br)cc4)cs3)cc2)c1OC. The summed E-state index contributed by atoms with van der Waals surface area (Å²) in [4.78, 5) is 44.5. The van der Waals surface area contributed by atoms with E-state index in [2.05, 4.69) is 36.9 Å². The van der Waals surface area contributed by atoms with Gasteiger partial charge in [0.25, 0.3) is 11.8 Å². The first-order chi connectivity index (χ1) is 22.8. The molecule has 0 fully saturated rings. The van der Waals surface area contributed by atoms with Crippen molar-refractivity contribution in [2.75, 3.05) is 30.6 Å². The van der Waals surface area contributed by atoms with Crippen LogP contribution in [0.1, 0.15) is 15.9 Å². The van der Waals surface area contributed by atoms with Gasteiger partial charge in [-0.05, 0) is 60.7 Å². The van der Waals surface area contributed by atoms with Crippen LogP contribution in [0.15, 0.2) is 118 Å². The van der Waals surface area contributed by atoms with Crippen molar-refractivity contribution in [2.45, 2.75) is 4.90 Å². The second kappa shape index (κ2) is 16.1. The van der Waals surface area contributed by atoms with Gasteiger partial charge in [0.1, 0.15) is 5.70 Å². The molecular weight excluding hydrogens is 700 g/mol. The molecule has 0 atom stereocenters. The van der Waals surface area contributed by atoms with Gasteiger partial charge in [-0.1, -0.05) is 58.4 Å². The van der Waals surface area contributed by atoms with E-state index in [0.29, 0.717) is 33.4 Å². The molecular formula is C35H29BrN4O5S2. The number of anilines is 2. The van der Waals surface area contributed by atoms with E-state index in [1.165, 1.54) is 43.4 Å². The molecule has 0 bridgehead atoms. The van der Waals surface area contributed by atoms with E-state index < -0.39 is 11.8 Å². The number of rotatable bonds is 12. The highest BCUT2D eigenvalue weighted by atomic mass is 79.9. The summed E-state index contributed by atoms with van der Waals surface area (Å²) in [5.74, 6) is -0.0828. The van der Waals surface area contributed by atoms with Crippen LogP contribution in [0.5, 0.6) is 11.5 Å². The molecule has 5 rings (SSSR count). The van der Waals surface area contributed by atoms with Crippen LogP contribution in [0.25, 0.3) is 17.3 Å². The lowest BCUT2D eigenvalue weighted by atomic mass is 10.1. The summed E-state index contributed by atoms with van der Waals surface area (Å²) in [5, 5.41) is 10.8. The Bertz CT molecular complexity index is 1900. The molecule has 0 spiro atoms. The zero-order valence-corrected chi connectivity index (χ0v) is 28.5. The fraction of sp³-hybridized carbons (Fsp3) is 0.0857. The maximum absolute atomic E-state index is 13.5. The molecule has 1 heterocycles. The van der Waals surface area contributed by atoms with Gasteiger partial charge in [-0.2, -0.15) is 0 Å². The Balaban J connectivity index is 1.23. The zero-order chi connectivity index (χ0) is 33.2. The third kappa shape index (κ3) is 9.09. The normalized spacial score (nSPS) is 11.0. The average Bonchev–Trinajstić information content (AvgIpc) is 3.56. The lowest BCUT2D eigenvalue weighted by Crippen LogP contribution is -2.30. The van der Waals surface area contributed by atoms with Crippen LogP contribution in [0.4, 0.5) is 10.8 Å². The quantitative estimate of drug-likeness (QED) is 0.0889. The highest BCUT2D eigenvalue weighted by molar-refractivity contribution is 9.10. The van der Waals surface area contributed by atoms with Crippen LogP contribution in [-0.2, 0) is 9.59 Å². The van der Waals surface area contributed by atoms with Crippen LogP contribution in [0.2, 0.25) is 0 Å². The number of amides is 3. The molecule has 0 saturated carbocycles. The minimum Gasteiger partial charge on any atom is -0.493 e. The highest BCUT2D eigenvalue weighted by Gasteiger charge is 2.18. The number of carbonyl (C=O) groups excluding carboxylic acids is 3. The fourth-order valence-electron chi connectivity index (χ4n) is 4.35. The zero-order valence-electron chi connectivity index (χ0n) is 25.3. The van der Waals surface area contributed by atoms with Gasteiger partial charge in [0, 0.05) is 37.1 Å². The molecule has 0 saturated heterocycles. The first-order valence-corrected chi connectivity index (χ1v) is 16.8. The molecule has 9 nitrogen and oxygen atoms in total. The van der Waals surface area contributed by atoms with E-state index >= 15 is 0 Å². The summed E-state index contributed by atoms with van der Waals surface area (Å²) in [6, 6.07) is 28.7. The molecule has 0 aliphatic rings. The standard InChI is InChI=1S/C35H29BrN4O5S2/c1-44-30-10-6-9-24(32(30)45-2)19-28(38-33(42)23-7-4-3-5-8-23)34(43)37-26-15-17-27(18-16-26)46-21-31(41)40-35-39-29(20-47-35)22-11-13-25(36)14-12-22/h3-20H,21H2,1-2H3,(H,37,43)(H,38,42)(H,39,40,41)/b28-19-. The summed E-state index contributed by atoms with van der Waals surface area (Å²) in [6.45, 7) is 0. The van der Waals surface area contributed by atoms with Gasteiger partial charge < -0.3 is 25.4 Å². The number of thiazole rings is 1. The van der Waals surface area contributed by atoms with Crippen LogP contribution in [-0.4, -0.2) is 42.7 Å². The number of hydrogen-bond donors (Lipinski definition) is 3. The summed E-state index contributed by atoms with van der Waals surface area (Å²) >= 11 is 6.15. The first-order valence-electron chi connectivity index (χ1n) is 14.2. The predicted molar refractivity (Wildman–Crippen MR) is 191 cm³/mol. The molecule has 0 unspecified atom stereocenters. The van der Waals surface area contributed by atoms with Crippen LogP contribution in [0.3, 0.4) is 0 Å². The van der Waals surface area contributed by atoms with E-state index in [4.69, 9.17) is 9.47 Å². The third-order valence-corrected chi connectivity index (χ3v) is 8.93. The number of halogens is 1. The van der Waals surface area contributed by atoms with Crippen LogP contribution >= 0.6 is 39.0 Å². The fourth-order valence-corrected chi connectivity index (χ4v) is 6.04. The predicted octanol–water partition coefficient (Wildman–Crippen LogP) is 7.73. The molecule has 5 aromatic rings. The van der Waals surface area contributed by atoms with Gasteiger partial charge in [-0.15, -0.1) is 23.1 Å². The van der Waals surface area contributed by atoms with Gasteiger partial charge >= 0.3 is 0 Å². The maximum atomic E-state index is 13.5. The lowest BCUT2D eigenvalue weighted by Gasteiger charge is -2.14. The van der Waals surface area contributed by atoms with E-state index in [0.717, 1.165) is 20.6 Å². The minimum absolute atomic E-state index is 0.00556. The van der Waals surface area contributed by atoms with Crippen molar-refractivity contribution < 1.29 is 23.9 Å². The van der Waals surface area contributed by atoms with E-state index in [-0.39, 0.29) is 17.4 Å². The number of ether oxygens (including phenoxy) is 2. The van der Waals surface area contributed by atoms with Gasteiger partial charge in [-0.3, -0.25) is 14.4 Å². The molecule has 47 heavy (non-hydrogen) atoms. The number of nitrogens with zero attached hydrogens (tertiary/aromatic N) is 1. The Morgan fingerprint density at radius 3 is 2.32 bits per heavy atom. The summed E-state index contributed by atoms with van der Waals surface area (Å²) in [6.07, 6.45) is 1.53. The second-order valence-corrected chi connectivity index (χ2v) is 12.6. The van der Waals surface area contributed by atoms with Crippen molar-refractivity contribution in [2.24, 2.45) is 0 Å². The molecule has 4 aromatic carbocycles. The molecule has 3 N–H and O–H groups in total. The monoisotopic (exact) mass is 728 g/mol. The van der Waals surface area contributed by atoms with Gasteiger partial charge in [0.05, 0.1) is 25.7 Å². The smallest absolute Gasteiger partial charge is 0.272 e. The first kappa shape index (κ1) is 33.5. The molecule has 238 valence electrons. The van der Waals surface area contributed by atoms with E-state index in [9.17, 15) is 14.4 Å². The van der Waals surface area contributed by atoms with Crippen LogP contribution in [0, 0.1) is 0 Å². The van der Waals surface area contributed by atoms with Crippen LogP contribution < -0.4 is 25.4 Å². The molecule has 0 aliphatic carbocycles.